The summed E-state index contributed by atoms with van der Waals surface area (Å²) >= 11 is 1.54. The highest BCUT2D eigenvalue weighted by Gasteiger charge is 2.21. The lowest BCUT2D eigenvalue weighted by Crippen LogP contribution is -2.25. The van der Waals surface area contributed by atoms with Gasteiger partial charge < -0.3 is 20.4 Å². The number of hydrogen-bond acceptors (Lipinski definition) is 6. The maximum absolute atomic E-state index is 12.4. The third-order valence-electron chi connectivity index (χ3n) is 4.18. The third kappa shape index (κ3) is 3.68. The fourth-order valence-electron chi connectivity index (χ4n) is 2.75. The summed E-state index contributed by atoms with van der Waals surface area (Å²) in [5.41, 5.74) is 1.89. The van der Waals surface area contributed by atoms with Gasteiger partial charge in [0.1, 0.15) is 0 Å². The molecule has 1 amide bonds. The molecule has 1 atom stereocenters. The van der Waals surface area contributed by atoms with Crippen molar-refractivity contribution in [2.45, 2.75) is 26.3 Å². The number of fused-ring (bicyclic) bond motifs is 1. The SMILES string of the molecule is CC(Cc1ccc(O)c(O)c1)C(=O)Nc1nc2c(s1)CN(C)CC2. The summed E-state index contributed by atoms with van der Waals surface area (Å²) < 4.78 is 0. The number of carbonyl (C=O) groups is 1. The molecule has 0 saturated carbocycles. The molecular formula is C17H21N3O3S. The number of amides is 1. The van der Waals surface area contributed by atoms with Crippen molar-refractivity contribution in [3.05, 3.63) is 34.3 Å². The van der Waals surface area contributed by atoms with Crippen LogP contribution in [0, 0.1) is 5.92 Å². The second-order valence-electron chi connectivity index (χ2n) is 6.29. The van der Waals surface area contributed by atoms with Crippen molar-refractivity contribution in [2.24, 2.45) is 5.92 Å². The van der Waals surface area contributed by atoms with E-state index in [1.165, 1.54) is 28.3 Å². The van der Waals surface area contributed by atoms with E-state index in [4.69, 9.17) is 0 Å². The Labute approximate surface area is 144 Å². The van der Waals surface area contributed by atoms with Gasteiger partial charge in [-0.1, -0.05) is 13.0 Å². The molecule has 3 N–H and O–H groups in total. The number of likely N-dealkylation sites (N-methyl/N-ethyl adjacent to an activating group) is 1. The van der Waals surface area contributed by atoms with Gasteiger partial charge in [0.15, 0.2) is 16.6 Å². The fraction of sp³-hybridized carbons (Fsp3) is 0.412. The second kappa shape index (κ2) is 6.78. The molecule has 0 fully saturated rings. The zero-order valence-corrected chi connectivity index (χ0v) is 14.6. The maximum Gasteiger partial charge on any atom is 0.229 e. The number of aromatic hydroxyl groups is 2. The van der Waals surface area contributed by atoms with E-state index in [0.717, 1.165) is 30.8 Å². The molecule has 6 nitrogen and oxygen atoms in total. The minimum atomic E-state index is -0.266. The number of aromatic nitrogens is 1. The Balaban J connectivity index is 1.63. The monoisotopic (exact) mass is 347 g/mol. The Kier molecular flexibility index (Phi) is 4.73. The Hall–Kier alpha value is -2.12. The zero-order valence-electron chi connectivity index (χ0n) is 13.7. The Morgan fingerprint density at radius 3 is 2.96 bits per heavy atom. The largest absolute Gasteiger partial charge is 0.504 e. The van der Waals surface area contributed by atoms with Crippen molar-refractivity contribution < 1.29 is 15.0 Å². The quantitative estimate of drug-likeness (QED) is 0.739. The molecule has 24 heavy (non-hydrogen) atoms. The van der Waals surface area contributed by atoms with Crippen molar-refractivity contribution in [3.63, 3.8) is 0 Å². The van der Waals surface area contributed by atoms with Gasteiger partial charge >= 0.3 is 0 Å². The number of phenolic OH excluding ortho intramolecular Hbond substituents is 2. The minimum Gasteiger partial charge on any atom is -0.504 e. The van der Waals surface area contributed by atoms with Crippen molar-refractivity contribution in [3.8, 4) is 11.5 Å². The third-order valence-corrected chi connectivity index (χ3v) is 5.18. The van der Waals surface area contributed by atoms with Crippen LogP contribution >= 0.6 is 11.3 Å². The van der Waals surface area contributed by atoms with Crippen LogP contribution in [-0.4, -0.2) is 39.6 Å². The molecule has 128 valence electrons. The molecule has 7 heteroatoms. The maximum atomic E-state index is 12.4. The highest BCUT2D eigenvalue weighted by molar-refractivity contribution is 7.15. The van der Waals surface area contributed by atoms with Gasteiger partial charge in [-0.15, -0.1) is 11.3 Å². The number of carbonyl (C=O) groups excluding carboxylic acids is 1. The second-order valence-corrected chi connectivity index (χ2v) is 7.38. The number of nitrogens with one attached hydrogen (secondary N) is 1. The highest BCUT2D eigenvalue weighted by atomic mass is 32.1. The lowest BCUT2D eigenvalue weighted by molar-refractivity contribution is -0.119. The van der Waals surface area contributed by atoms with Crippen LogP contribution in [0.3, 0.4) is 0 Å². The summed E-state index contributed by atoms with van der Waals surface area (Å²) in [5, 5.41) is 22.4. The van der Waals surface area contributed by atoms with E-state index in [9.17, 15) is 15.0 Å². The van der Waals surface area contributed by atoms with Gasteiger partial charge in [-0.05, 0) is 31.2 Å². The molecular weight excluding hydrogens is 326 g/mol. The van der Waals surface area contributed by atoms with Gasteiger partial charge in [0, 0.05) is 30.3 Å². The van der Waals surface area contributed by atoms with E-state index in [1.807, 2.05) is 6.92 Å². The Morgan fingerprint density at radius 1 is 1.42 bits per heavy atom. The normalized spacial score (nSPS) is 15.8. The average Bonchev–Trinajstić information content (AvgIpc) is 2.92. The zero-order chi connectivity index (χ0) is 17.3. The molecule has 2 heterocycles. The molecule has 1 aromatic heterocycles. The molecule has 1 aliphatic heterocycles. The van der Waals surface area contributed by atoms with Gasteiger partial charge in [-0.3, -0.25) is 4.79 Å². The molecule has 1 aliphatic rings. The number of hydrogen-bond donors (Lipinski definition) is 3. The molecule has 1 unspecified atom stereocenters. The molecule has 0 radical (unpaired) electrons. The van der Waals surface area contributed by atoms with Crippen molar-refractivity contribution in [2.75, 3.05) is 18.9 Å². The number of benzene rings is 1. The molecule has 3 rings (SSSR count). The Bertz CT molecular complexity index is 760. The number of rotatable bonds is 4. The molecule has 1 aromatic carbocycles. The van der Waals surface area contributed by atoms with Gasteiger partial charge in [0.2, 0.25) is 5.91 Å². The van der Waals surface area contributed by atoms with Gasteiger partial charge in [0.05, 0.1) is 5.69 Å². The number of nitrogens with zero attached hydrogens (tertiary/aromatic N) is 2. The lowest BCUT2D eigenvalue weighted by Gasteiger charge is -2.20. The van der Waals surface area contributed by atoms with Crippen molar-refractivity contribution in [1.82, 2.24) is 9.88 Å². The summed E-state index contributed by atoms with van der Waals surface area (Å²) in [6, 6.07) is 4.62. The topological polar surface area (TPSA) is 85.7 Å². The van der Waals surface area contributed by atoms with Crippen LogP contribution in [-0.2, 0) is 24.2 Å². The van der Waals surface area contributed by atoms with Crippen molar-refractivity contribution in [1.29, 1.82) is 0 Å². The number of phenols is 2. The van der Waals surface area contributed by atoms with E-state index >= 15 is 0 Å². The van der Waals surface area contributed by atoms with E-state index in [-0.39, 0.29) is 23.3 Å². The number of thiazole rings is 1. The summed E-state index contributed by atoms with van der Waals surface area (Å²) in [6.07, 6.45) is 1.40. The molecule has 2 aromatic rings. The lowest BCUT2D eigenvalue weighted by atomic mass is 10.00. The van der Waals surface area contributed by atoms with Gasteiger partial charge in [0.25, 0.3) is 0 Å². The summed E-state index contributed by atoms with van der Waals surface area (Å²) in [7, 11) is 2.08. The number of anilines is 1. The van der Waals surface area contributed by atoms with Crippen LogP contribution < -0.4 is 5.32 Å². The van der Waals surface area contributed by atoms with Crippen LogP contribution in [0.4, 0.5) is 5.13 Å². The first-order valence-corrected chi connectivity index (χ1v) is 8.73. The van der Waals surface area contributed by atoms with Crippen LogP contribution in [0.15, 0.2) is 18.2 Å². The van der Waals surface area contributed by atoms with E-state index in [2.05, 4.69) is 22.2 Å². The van der Waals surface area contributed by atoms with Crippen LogP contribution in [0.1, 0.15) is 23.1 Å². The van der Waals surface area contributed by atoms with Crippen LogP contribution in [0.2, 0.25) is 0 Å². The predicted octanol–water partition coefficient (Wildman–Crippen LogP) is 2.36. The first-order chi connectivity index (χ1) is 11.4. The molecule has 0 saturated heterocycles. The summed E-state index contributed by atoms with van der Waals surface area (Å²) in [6.45, 7) is 3.70. The first-order valence-electron chi connectivity index (χ1n) is 7.91. The summed E-state index contributed by atoms with van der Waals surface area (Å²) in [5.74, 6) is -0.689. The highest BCUT2D eigenvalue weighted by Crippen LogP contribution is 2.29. The van der Waals surface area contributed by atoms with E-state index < -0.39 is 0 Å². The molecule has 0 spiro atoms. The smallest absolute Gasteiger partial charge is 0.229 e. The Morgan fingerprint density at radius 2 is 2.21 bits per heavy atom. The van der Waals surface area contributed by atoms with E-state index in [0.29, 0.717) is 11.6 Å². The molecule has 0 aliphatic carbocycles. The van der Waals surface area contributed by atoms with E-state index in [1.54, 1.807) is 6.07 Å². The predicted molar refractivity (Wildman–Crippen MR) is 93.4 cm³/mol. The van der Waals surface area contributed by atoms with Crippen LogP contribution in [0.5, 0.6) is 11.5 Å². The first kappa shape index (κ1) is 16.7. The van der Waals surface area contributed by atoms with Crippen molar-refractivity contribution >= 4 is 22.4 Å². The van der Waals surface area contributed by atoms with Crippen LogP contribution in [0.25, 0.3) is 0 Å². The van der Waals surface area contributed by atoms with Gasteiger partial charge in [-0.25, -0.2) is 4.98 Å². The van der Waals surface area contributed by atoms with Gasteiger partial charge in [-0.2, -0.15) is 0 Å². The minimum absolute atomic E-state index is 0.0954. The average molecular weight is 347 g/mol. The summed E-state index contributed by atoms with van der Waals surface area (Å²) in [4.78, 5) is 20.4. The molecule has 0 bridgehead atoms. The fourth-order valence-corrected chi connectivity index (χ4v) is 3.84. The standard InChI is InChI=1S/C17H21N3O3S/c1-10(7-11-3-4-13(21)14(22)8-11)16(23)19-17-18-12-5-6-20(2)9-15(12)24-17/h3-4,8,10,21-22H,5-7,9H2,1-2H3,(H,18,19,23).